The standard InChI is InChI=1S/C14H10BrF2N3/c15-12-10(18)5-9(16)14(13(12)17)20-6-8-3-1-2-4-11(8)19-7-20/h1-5,7H,6,18H2. The van der Waals surface area contributed by atoms with E-state index in [9.17, 15) is 8.78 Å². The van der Waals surface area contributed by atoms with E-state index in [1.165, 1.54) is 11.2 Å². The predicted octanol–water partition coefficient (Wildman–Crippen LogP) is 3.99. The molecule has 2 aromatic carbocycles. The normalized spacial score (nSPS) is 13.4. The number of benzene rings is 2. The number of hydrogen-bond acceptors (Lipinski definition) is 3. The molecule has 2 N–H and O–H groups in total. The summed E-state index contributed by atoms with van der Waals surface area (Å²) in [6.45, 7) is 0.351. The van der Waals surface area contributed by atoms with Crippen molar-refractivity contribution in [1.29, 1.82) is 0 Å². The lowest BCUT2D eigenvalue weighted by atomic mass is 10.1. The van der Waals surface area contributed by atoms with E-state index in [2.05, 4.69) is 20.9 Å². The lowest BCUT2D eigenvalue weighted by molar-refractivity contribution is 0.578. The van der Waals surface area contributed by atoms with Gasteiger partial charge in [-0.15, -0.1) is 0 Å². The number of hydrogen-bond donors (Lipinski definition) is 1. The van der Waals surface area contributed by atoms with Gasteiger partial charge in [-0.3, -0.25) is 0 Å². The molecule has 0 aromatic heterocycles. The molecule has 0 saturated heterocycles. The van der Waals surface area contributed by atoms with Crippen molar-refractivity contribution in [3.05, 3.63) is 52.0 Å². The second-order valence-corrected chi connectivity index (χ2v) is 5.22. The van der Waals surface area contributed by atoms with Crippen LogP contribution in [0.3, 0.4) is 0 Å². The third-order valence-electron chi connectivity index (χ3n) is 3.12. The predicted molar refractivity (Wildman–Crippen MR) is 79.2 cm³/mol. The number of halogens is 3. The van der Waals surface area contributed by atoms with Crippen LogP contribution in [0.2, 0.25) is 0 Å². The van der Waals surface area contributed by atoms with Gasteiger partial charge in [0.2, 0.25) is 0 Å². The largest absolute Gasteiger partial charge is 0.398 e. The number of fused-ring (bicyclic) bond motifs is 1. The molecule has 0 saturated carbocycles. The fourth-order valence-electron chi connectivity index (χ4n) is 2.13. The molecule has 0 radical (unpaired) electrons. The molecule has 6 heteroatoms. The molecule has 0 amide bonds. The van der Waals surface area contributed by atoms with Gasteiger partial charge in [-0.1, -0.05) is 18.2 Å². The zero-order chi connectivity index (χ0) is 14.3. The average molecular weight is 338 g/mol. The molecule has 0 aliphatic carbocycles. The first-order valence-electron chi connectivity index (χ1n) is 5.89. The Hall–Kier alpha value is -1.95. The number of nitrogens with two attached hydrogens (primary N) is 1. The Bertz CT molecular complexity index is 716. The highest BCUT2D eigenvalue weighted by Gasteiger charge is 2.23. The average Bonchev–Trinajstić information content (AvgIpc) is 2.45. The summed E-state index contributed by atoms with van der Waals surface area (Å²) in [4.78, 5) is 5.63. The second kappa shape index (κ2) is 4.86. The van der Waals surface area contributed by atoms with E-state index < -0.39 is 11.6 Å². The van der Waals surface area contributed by atoms with Gasteiger partial charge in [0.1, 0.15) is 5.69 Å². The minimum Gasteiger partial charge on any atom is -0.398 e. The Morgan fingerprint density at radius 1 is 1.25 bits per heavy atom. The number of aliphatic imine (C=N–C) groups is 1. The Balaban J connectivity index is 2.07. The SMILES string of the molecule is Nc1cc(F)c(N2C=Nc3ccccc3C2)c(F)c1Br. The van der Waals surface area contributed by atoms with E-state index in [0.717, 1.165) is 17.3 Å². The summed E-state index contributed by atoms with van der Waals surface area (Å²) in [6, 6.07) is 8.56. The fraction of sp³-hybridized carbons (Fsp3) is 0.0714. The first-order valence-corrected chi connectivity index (χ1v) is 6.69. The van der Waals surface area contributed by atoms with Gasteiger partial charge in [0, 0.05) is 6.07 Å². The topological polar surface area (TPSA) is 41.6 Å². The molecule has 20 heavy (non-hydrogen) atoms. The van der Waals surface area contributed by atoms with Crippen molar-refractivity contribution < 1.29 is 8.78 Å². The Morgan fingerprint density at radius 2 is 2.00 bits per heavy atom. The van der Waals surface area contributed by atoms with E-state index in [1.807, 2.05) is 24.3 Å². The molecule has 1 heterocycles. The molecule has 0 fully saturated rings. The van der Waals surface area contributed by atoms with Crippen LogP contribution in [-0.4, -0.2) is 6.34 Å². The molecule has 3 rings (SSSR count). The minimum absolute atomic E-state index is 0.0260. The first-order chi connectivity index (χ1) is 9.58. The molecular weight excluding hydrogens is 328 g/mol. The lowest BCUT2D eigenvalue weighted by Crippen LogP contribution is -2.25. The second-order valence-electron chi connectivity index (χ2n) is 4.43. The maximum atomic E-state index is 14.2. The summed E-state index contributed by atoms with van der Waals surface area (Å²) in [5.41, 5.74) is 7.09. The van der Waals surface area contributed by atoms with E-state index in [4.69, 9.17) is 5.73 Å². The van der Waals surface area contributed by atoms with Gasteiger partial charge in [0.15, 0.2) is 11.6 Å². The zero-order valence-electron chi connectivity index (χ0n) is 10.3. The summed E-state index contributed by atoms with van der Waals surface area (Å²) in [5.74, 6) is -1.44. The van der Waals surface area contributed by atoms with Gasteiger partial charge >= 0.3 is 0 Å². The quantitative estimate of drug-likeness (QED) is 0.631. The van der Waals surface area contributed by atoms with Crippen LogP contribution in [-0.2, 0) is 6.54 Å². The lowest BCUT2D eigenvalue weighted by Gasteiger charge is -2.25. The monoisotopic (exact) mass is 337 g/mol. The number of anilines is 2. The Kier molecular flexibility index (Phi) is 3.17. The van der Waals surface area contributed by atoms with Crippen molar-refractivity contribution in [1.82, 2.24) is 0 Å². The van der Waals surface area contributed by atoms with E-state index in [1.54, 1.807) is 0 Å². The van der Waals surface area contributed by atoms with Crippen LogP contribution in [0.25, 0.3) is 0 Å². The summed E-state index contributed by atoms with van der Waals surface area (Å²) in [7, 11) is 0. The van der Waals surface area contributed by atoms with Gasteiger partial charge in [-0.25, -0.2) is 13.8 Å². The fourth-order valence-corrected chi connectivity index (χ4v) is 2.43. The Morgan fingerprint density at radius 3 is 2.80 bits per heavy atom. The minimum atomic E-state index is -0.728. The van der Waals surface area contributed by atoms with E-state index in [-0.39, 0.29) is 15.8 Å². The van der Waals surface area contributed by atoms with Crippen molar-refractivity contribution in [2.45, 2.75) is 6.54 Å². The van der Waals surface area contributed by atoms with Gasteiger partial charge in [0.25, 0.3) is 0 Å². The van der Waals surface area contributed by atoms with Crippen molar-refractivity contribution in [3.63, 3.8) is 0 Å². The summed E-state index contributed by atoms with van der Waals surface area (Å²) < 4.78 is 28.3. The van der Waals surface area contributed by atoms with Crippen molar-refractivity contribution in [2.24, 2.45) is 4.99 Å². The summed E-state index contributed by atoms with van der Waals surface area (Å²) >= 11 is 3.02. The highest BCUT2D eigenvalue weighted by atomic mass is 79.9. The maximum absolute atomic E-state index is 14.2. The number of para-hydroxylation sites is 1. The van der Waals surface area contributed by atoms with Crippen LogP contribution in [0.15, 0.2) is 39.8 Å². The molecule has 0 unspecified atom stereocenters. The number of rotatable bonds is 1. The van der Waals surface area contributed by atoms with Crippen molar-refractivity contribution in [3.8, 4) is 0 Å². The zero-order valence-corrected chi connectivity index (χ0v) is 11.9. The van der Waals surface area contributed by atoms with E-state index in [0.29, 0.717) is 6.54 Å². The molecular formula is C14H10BrF2N3. The van der Waals surface area contributed by atoms with Crippen LogP contribution in [0.1, 0.15) is 5.56 Å². The smallest absolute Gasteiger partial charge is 0.166 e. The summed E-state index contributed by atoms with van der Waals surface area (Å²) in [5, 5.41) is 0. The third-order valence-corrected chi connectivity index (χ3v) is 3.92. The molecule has 102 valence electrons. The molecule has 0 atom stereocenters. The molecule has 1 aliphatic heterocycles. The van der Waals surface area contributed by atoms with Crippen LogP contribution in [0.5, 0.6) is 0 Å². The van der Waals surface area contributed by atoms with Crippen molar-refractivity contribution in [2.75, 3.05) is 10.6 Å². The highest BCUT2D eigenvalue weighted by Crippen LogP contribution is 2.36. The van der Waals surface area contributed by atoms with Gasteiger partial charge in [0.05, 0.1) is 28.7 Å². The van der Waals surface area contributed by atoms with Crippen LogP contribution < -0.4 is 10.6 Å². The van der Waals surface area contributed by atoms with Crippen molar-refractivity contribution >= 4 is 39.3 Å². The maximum Gasteiger partial charge on any atom is 0.166 e. The molecule has 2 aromatic rings. The molecule has 0 bridgehead atoms. The third kappa shape index (κ3) is 2.06. The van der Waals surface area contributed by atoms with Gasteiger partial charge in [-0.2, -0.15) is 0 Å². The highest BCUT2D eigenvalue weighted by molar-refractivity contribution is 9.10. The van der Waals surface area contributed by atoms with Gasteiger partial charge in [-0.05, 0) is 27.6 Å². The number of nitrogen functional groups attached to an aromatic ring is 1. The summed E-state index contributed by atoms with van der Waals surface area (Å²) in [6.07, 6.45) is 1.42. The van der Waals surface area contributed by atoms with Gasteiger partial charge < -0.3 is 10.6 Å². The van der Waals surface area contributed by atoms with Crippen LogP contribution in [0.4, 0.5) is 25.8 Å². The van der Waals surface area contributed by atoms with E-state index >= 15 is 0 Å². The van der Waals surface area contributed by atoms with Crippen LogP contribution >= 0.6 is 15.9 Å². The molecule has 0 spiro atoms. The Labute approximate surface area is 122 Å². The molecule has 3 nitrogen and oxygen atoms in total. The van der Waals surface area contributed by atoms with Crippen LogP contribution in [0, 0.1) is 11.6 Å². The molecule has 1 aliphatic rings. The number of nitrogens with zero attached hydrogens (tertiary/aromatic N) is 2. The first kappa shape index (κ1) is 13.1.